The maximum atomic E-state index is 10.5. The Kier molecular flexibility index (Phi) is 19.5. The molecule has 0 aromatic carbocycles. The third-order valence-corrected chi connectivity index (χ3v) is 6.33. The van der Waals surface area contributed by atoms with Crippen molar-refractivity contribution in [1.29, 1.82) is 0 Å². The second-order valence-corrected chi connectivity index (χ2v) is 9.02. The Morgan fingerprint density at radius 3 is 1.58 bits per heavy atom. The van der Waals surface area contributed by atoms with Crippen LogP contribution in [0.15, 0.2) is 0 Å². The lowest BCUT2D eigenvalue weighted by Gasteiger charge is -2.44. The molecule has 0 saturated heterocycles. The Morgan fingerprint density at radius 2 is 1.03 bits per heavy atom. The van der Waals surface area contributed by atoms with Crippen molar-refractivity contribution in [3.05, 3.63) is 0 Å². The largest absolute Gasteiger partial charge is 0.389 e. The van der Waals surface area contributed by atoms with Crippen molar-refractivity contribution in [2.24, 2.45) is 0 Å². The van der Waals surface area contributed by atoms with Gasteiger partial charge in [0.15, 0.2) is 0 Å². The summed E-state index contributed by atoms with van der Waals surface area (Å²) in [6.07, 6.45) is 10.8. The predicted octanol–water partition coefficient (Wildman–Crippen LogP) is 3.71. The molecular weight excluding hydrogens is 418 g/mol. The first-order chi connectivity index (χ1) is 14.5. The molecule has 5 N–H and O–H groups in total. The lowest BCUT2D eigenvalue weighted by Crippen LogP contribution is -2.68. The van der Waals surface area contributed by atoms with Crippen LogP contribution in [0.3, 0.4) is 0 Å². The first-order valence-corrected chi connectivity index (χ1v) is 12.6. The normalized spacial score (nSPS) is 28.5. The molecule has 0 aromatic heterocycles. The van der Waals surface area contributed by atoms with Gasteiger partial charge in [-0.25, -0.2) is 0 Å². The molecule has 0 bridgehead atoms. The lowest BCUT2D eigenvalue weighted by molar-refractivity contribution is -0.203. The number of unbranched alkanes of at least 4 members (excludes halogenated alkanes) is 12. The summed E-state index contributed by atoms with van der Waals surface area (Å²) in [5.41, 5.74) is 0. The number of hydrogen-bond acceptors (Lipinski definition) is 6. The van der Waals surface area contributed by atoms with Crippen LogP contribution < -0.4 is 5.32 Å². The zero-order valence-electron chi connectivity index (χ0n) is 19.9. The summed E-state index contributed by atoms with van der Waals surface area (Å²) in [6, 6.07) is -0.581. The van der Waals surface area contributed by atoms with E-state index in [1.807, 2.05) is 0 Å². The van der Waals surface area contributed by atoms with Crippen LogP contribution in [0.5, 0.6) is 0 Å². The van der Waals surface area contributed by atoms with Gasteiger partial charge in [0.2, 0.25) is 0 Å². The lowest BCUT2D eigenvalue weighted by atomic mass is 9.83. The van der Waals surface area contributed by atoms with E-state index >= 15 is 0 Å². The van der Waals surface area contributed by atoms with E-state index in [4.69, 9.17) is 4.74 Å². The number of ether oxygens (including phenoxy) is 1. The minimum absolute atomic E-state index is 0. The van der Waals surface area contributed by atoms with Crippen molar-refractivity contribution < 1.29 is 25.2 Å². The molecule has 0 amide bonds. The summed E-state index contributed by atoms with van der Waals surface area (Å²) in [5.74, 6) is 0. The fourth-order valence-electron chi connectivity index (χ4n) is 4.29. The third-order valence-electron chi connectivity index (χ3n) is 6.33. The SMILES string of the molecule is CCCCCCCCCN[C@H]1[C@H](O)[C@@H](O)[C@H](O)[C@@H](O)[C@H]1OCCCCCCCCC.Cl. The molecule has 1 rings (SSSR count). The summed E-state index contributed by atoms with van der Waals surface area (Å²) >= 11 is 0. The van der Waals surface area contributed by atoms with Crippen molar-refractivity contribution in [1.82, 2.24) is 5.32 Å². The zero-order valence-corrected chi connectivity index (χ0v) is 20.7. The highest BCUT2D eigenvalue weighted by Gasteiger charge is 2.49. The van der Waals surface area contributed by atoms with Gasteiger partial charge in [0, 0.05) is 6.61 Å². The Balaban J connectivity index is 0.00000900. The molecule has 1 fully saturated rings. The maximum absolute atomic E-state index is 10.5. The van der Waals surface area contributed by atoms with Crippen LogP contribution in [0.1, 0.15) is 104 Å². The van der Waals surface area contributed by atoms with Gasteiger partial charge in [0.25, 0.3) is 0 Å². The van der Waals surface area contributed by atoms with Crippen molar-refractivity contribution in [2.45, 2.75) is 140 Å². The molecule has 0 unspecified atom stereocenters. The van der Waals surface area contributed by atoms with Gasteiger partial charge in [0.05, 0.1) is 6.04 Å². The molecule has 7 heteroatoms. The maximum Gasteiger partial charge on any atom is 0.111 e. The first-order valence-electron chi connectivity index (χ1n) is 12.6. The number of rotatable bonds is 18. The minimum atomic E-state index is -1.39. The number of aliphatic hydroxyl groups excluding tert-OH is 4. The fraction of sp³-hybridized carbons (Fsp3) is 1.00. The summed E-state index contributed by atoms with van der Waals surface area (Å²) in [5, 5.41) is 44.3. The van der Waals surface area contributed by atoms with E-state index < -0.39 is 36.6 Å². The van der Waals surface area contributed by atoms with E-state index in [0.717, 1.165) is 25.7 Å². The Bertz CT molecular complexity index is 368. The van der Waals surface area contributed by atoms with Gasteiger partial charge in [-0.15, -0.1) is 12.4 Å². The van der Waals surface area contributed by atoms with Crippen LogP contribution in [-0.2, 0) is 4.74 Å². The average Bonchev–Trinajstić information content (AvgIpc) is 2.75. The molecule has 1 aliphatic rings. The molecule has 31 heavy (non-hydrogen) atoms. The van der Waals surface area contributed by atoms with Gasteiger partial charge in [-0.3, -0.25) is 0 Å². The van der Waals surface area contributed by atoms with E-state index in [2.05, 4.69) is 19.2 Å². The number of nitrogens with one attached hydrogen (secondary N) is 1. The monoisotopic (exact) mass is 467 g/mol. The molecule has 0 spiro atoms. The second-order valence-electron chi connectivity index (χ2n) is 9.02. The molecular formula is C24H50ClNO5. The van der Waals surface area contributed by atoms with Crippen LogP contribution in [0.25, 0.3) is 0 Å². The van der Waals surface area contributed by atoms with Gasteiger partial charge < -0.3 is 30.5 Å². The molecule has 1 saturated carbocycles. The Morgan fingerprint density at radius 1 is 0.581 bits per heavy atom. The van der Waals surface area contributed by atoms with Gasteiger partial charge >= 0.3 is 0 Å². The van der Waals surface area contributed by atoms with Crippen molar-refractivity contribution in [2.75, 3.05) is 13.2 Å². The molecule has 6 nitrogen and oxygen atoms in total. The predicted molar refractivity (Wildman–Crippen MR) is 129 cm³/mol. The Hall–Kier alpha value is 0.0500. The van der Waals surface area contributed by atoms with Gasteiger partial charge in [0.1, 0.15) is 30.5 Å². The molecule has 0 radical (unpaired) electrons. The highest BCUT2D eigenvalue weighted by atomic mass is 35.5. The summed E-state index contributed by atoms with van der Waals surface area (Å²) in [7, 11) is 0. The average molecular weight is 468 g/mol. The summed E-state index contributed by atoms with van der Waals surface area (Å²) in [6.45, 7) is 5.61. The number of hydrogen-bond donors (Lipinski definition) is 5. The first kappa shape index (κ1) is 31.0. The number of aliphatic hydroxyl groups is 4. The van der Waals surface area contributed by atoms with Crippen LogP contribution in [0, 0.1) is 0 Å². The second kappa shape index (κ2) is 19.5. The quantitative estimate of drug-likeness (QED) is 0.197. The number of halogens is 1. The van der Waals surface area contributed by atoms with Crippen molar-refractivity contribution in [3.8, 4) is 0 Å². The van der Waals surface area contributed by atoms with Crippen LogP contribution >= 0.6 is 12.4 Å². The molecule has 0 heterocycles. The van der Waals surface area contributed by atoms with Crippen molar-refractivity contribution >= 4 is 12.4 Å². The van der Waals surface area contributed by atoms with Gasteiger partial charge in [-0.05, 0) is 19.4 Å². The summed E-state index contributed by atoms with van der Waals surface area (Å²) < 4.78 is 5.90. The highest BCUT2D eigenvalue weighted by Crippen LogP contribution is 2.24. The molecule has 0 aromatic rings. The van der Waals surface area contributed by atoms with Gasteiger partial charge in [-0.1, -0.05) is 90.9 Å². The molecule has 0 aliphatic heterocycles. The van der Waals surface area contributed by atoms with Crippen molar-refractivity contribution in [3.63, 3.8) is 0 Å². The van der Waals surface area contributed by atoms with E-state index in [1.165, 1.54) is 64.2 Å². The fourth-order valence-corrected chi connectivity index (χ4v) is 4.29. The molecule has 6 atom stereocenters. The third kappa shape index (κ3) is 12.2. The van der Waals surface area contributed by atoms with E-state index in [1.54, 1.807) is 0 Å². The summed E-state index contributed by atoms with van der Waals surface area (Å²) in [4.78, 5) is 0. The van der Waals surface area contributed by atoms with Crippen LogP contribution in [0.4, 0.5) is 0 Å². The van der Waals surface area contributed by atoms with Gasteiger partial charge in [-0.2, -0.15) is 0 Å². The Labute approximate surface area is 196 Å². The smallest absolute Gasteiger partial charge is 0.111 e. The van der Waals surface area contributed by atoms with Crippen LogP contribution in [-0.4, -0.2) is 70.1 Å². The topological polar surface area (TPSA) is 102 Å². The standard InChI is InChI=1S/C24H49NO5.ClH/c1-3-5-7-9-11-13-15-17-25-19-20(26)21(27)22(28)23(29)24(19)30-18-16-14-12-10-8-6-4-2;/h19-29H,3-18H2,1-2H3;1H/t19-,20-,21+,22-,23+,24-;/m0./s1. The van der Waals surface area contributed by atoms with Crippen LogP contribution in [0.2, 0.25) is 0 Å². The zero-order chi connectivity index (χ0) is 22.2. The minimum Gasteiger partial charge on any atom is -0.389 e. The molecule has 1 aliphatic carbocycles. The van der Waals surface area contributed by atoms with E-state index in [-0.39, 0.29) is 12.4 Å². The van der Waals surface area contributed by atoms with E-state index in [9.17, 15) is 20.4 Å². The highest BCUT2D eigenvalue weighted by molar-refractivity contribution is 5.85. The molecule has 188 valence electrons. The van der Waals surface area contributed by atoms with E-state index in [0.29, 0.717) is 13.2 Å².